The van der Waals surface area contributed by atoms with Gasteiger partial charge in [0.2, 0.25) is 0 Å². The van der Waals surface area contributed by atoms with Gasteiger partial charge in [0, 0.05) is 12.8 Å². The number of carbonyl (C=O) groups excluding carboxylic acids is 2. The molecule has 366 valence electrons. The van der Waals surface area contributed by atoms with Crippen LogP contribution in [0.15, 0.2) is 12.7 Å². The summed E-state index contributed by atoms with van der Waals surface area (Å²) in [6.07, 6.45) is 32.9. The number of rotatable bonds is 44. The number of aliphatic hydroxyl groups is 3. The number of aliphatic hydroxyl groups excluding tert-OH is 3. The van der Waals surface area contributed by atoms with Crippen LogP contribution in [0.4, 0.5) is 0 Å². The van der Waals surface area contributed by atoms with Crippen LogP contribution in [0.5, 0.6) is 0 Å². The SMILES string of the molecule is C=CCCCCCCCCCCCCCCCC(=O)OC[C@H](CO[C@H]1O[C@H](CS(=O)(=O)O)[C@@H](O)C(O)C1O)OC(=O)CCCCCCCCCCCCCCCCCCCCC. The third kappa shape index (κ3) is 33.8. The van der Waals surface area contributed by atoms with Gasteiger partial charge in [-0.15, -0.1) is 6.58 Å². The van der Waals surface area contributed by atoms with Gasteiger partial charge in [0.05, 0.1) is 6.61 Å². The van der Waals surface area contributed by atoms with Gasteiger partial charge in [0.1, 0.15) is 36.8 Å². The van der Waals surface area contributed by atoms with E-state index >= 15 is 0 Å². The Morgan fingerprint density at radius 3 is 1.35 bits per heavy atom. The second-order valence-corrected chi connectivity index (χ2v) is 19.4. The monoisotopic (exact) mass is 905 g/mol. The van der Waals surface area contributed by atoms with Crippen molar-refractivity contribution >= 4 is 22.1 Å². The van der Waals surface area contributed by atoms with Gasteiger partial charge in [-0.3, -0.25) is 14.1 Å². The molecular weight excluding hydrogens is 813 g/mol. The van der Waals surface area contributed by atoms with Crippen molar-refractivity contribution in [2.24, 2.45) is 0 Å². The molecule has 0 spiro atoms. The summed E-state index contributed by atoms with van der Waals surface area (Å²) in [5, 5.41) is 30.9. The molecular formula is C49H92O12S. The van der Waals surface area contributed by atoms with Crippen molar-refractivity contribution in [1.29, 1.82) is 0 Å². The minimum absolute atomic E-state index is 0.170. The van der Waals surface area contributed by atoms with Gasteiger partial charge in [-0.1, -0.05) is 199 Å². The molecule has 1 heterocycles. The molecule has 1 aliphatic rings. The third-order valence-corrected chi connectivity index (χ3v) is 12.7. The lowest BCUT2D eigenvalue weighted by Crippen LogP contribution is -2.60. The Bertz CT molecular complexity index is 1180. The normalized spacial score (nSPS) is 19.7. The number of unbranched alkanes of at least 4 members (excludes halogenated alkanes) is 31. The molecule has 1 saturated heterocycles. The maximum Gasteiger partial charge on any atom is 0.306 e. The van der Waals surface area contributed by atoms with Gasteiger partial charge in [-0.05, 0) is 25.7 Å². The lowest BCUT2D eigenvalue weighted by atomic mass is 10.00. The van der Waals surface area contributed by atoms with Gasteiger partial charge in [0.25, 0.3) is 10.1 Å². The Morgan fingerprint density at radius 1 is 0.565 bits per heavy atom. The first-order valence-corrected chi connectivity index (χ1v) is 26.8. The highest BCUT2D eigenvalue weighted by atomic mass is 32.2. The van der Waals surface area contributed by atoms with E-state index in [1.165, 1.54) is 154 Å². The largest absolute Gasteiger partial charge is 0.462 e. The van der Waals surface area contributed by atoms with Crippen LogP contribution >= 0.6 is 0 Å². The molecule has 6 atom stereocenters. The van der Waals surface area contributed by atoms with E-state index < -0.39 is 71.2 Å². The molecule has 0 aromatic carbocycles. The van der Waals surface area contributed by atoms with E-state index in [-0.39, 0.29) is 19.4 Å². The molecule has 4 N–H and O–H groups in total. The Morgan fingerprint density at radius 2 is 0.952 bits per heavy atom. The first-order chi connectivity index (χ1) is 30.0. The van der Waals surface area contributed by atoms with Gasteiger partial charge >= 0.3 is 11.9 Å². The van der Waals surface area contributed by atoms with E-state index in [0.717, 1.165) is 44.9 Å². The highest BCUT2D eigenvalue weighted by molar-refractivity contribution is 7.85. The van der Waals surface area contributed by atoms with Crippen LogP contribution in [0.25, 0.3) is 0 Å². The van der Waals surface area contributed by atoms with Crippen molar-refractivity contribution in [3.05, 3.63) is 12.7 Å². The van der Waals surface area contributed by atoms with Crippen molar-refractivity contribution in [3.8, 4) is 0 Å². The van der Waals surface area contributed by atoms with Crippen LogP contribution in [-0.4, -0.2) is 96.0 Å². The molecule has 12 nitrogen and oxygen atoms in total. The smallest absolute Gasteiger partial charge is 0.306 e. The number of hydrogen-bond donors (Lipinski definition) is 4. The molecule has 62 heavy (non-hydrogen) atoms. The number of hydrogen-bond acceptors (Lipinski definition) is 11. The molecule has 0 aliphatic carbocycles. The molecule has 1 fully saturated rings. The van der Waals surface area contributed by atoms with Gasteiger partial charge in [-0.2, -0.15) is 8.42 Å². The van der Waals surface area contributed by atoms with E-state index in [1.807, 2.05) is 6.08 Å². The van der Waals surface area contributed by atoms with Crippen LogP contribution in [0.2, 0.25) is 0 Å². The Labute approximate surface area is 377 Å². The molecule has 1 rings (SSSR count). The first kappa shape index (κ1) is 58.4. The van der Waals surface area contributed by atoms with Crippen molar-refractivity contribution in [2.45, 2.75) is 268 Å². The van der Waals surface area contributed by atoms with Gasteiger partial charge < -0.3 is 34.3 Å². The predicted molar refractivity (Wildman–Crippen MR) is 247 cm³/mol. The maximum atomic E-state index is 12.9. The van der Waals surface area contributed by atoms with E-state index in [9.17, 15) is 37.9 Å². The van der Waals surface area contributed by atoms with Crippen molar-refractivity contribution in [3.63, 3.8) is 0 Å². The second-order valence-electron chi connectivity index (χ2n) is 17.9. The van der Waals surface area contributed by atoms with E-state index in [4.69, 9.17) is 18.9 Å². The Hall–Kier alpha value is -1.61. The predicted octanol–water partition coefficient (Wildman–Crippen LogP) is 11.0. The van der Waals surface area contributed by atoms with Crippen molar-refractivity contribution < 1.29 is 56.8 Å². The average molecular weight is 905 g/mol. The number of ether oxygens (including phenoxy) is 4. The Balaban J connectivity index is 2.36. The lowest BCUT2D eigenvalue weighted by Gasteiger charge is -2.40. The van der Waals surface area contributed by atoms with Crippen molar-refractivity contribution in [2.75, 3.05) is 19.0 Å². The van der Waals surface area contributed by atoms with Crippen LogP contribution in [0, 0.1) is 0 Å². The van der Waals surface area contributed by atoms with Crippen LogP contribution in [0.3, 0.4) is 0 Å². The summed E-state index contributed by atoms with van der Waals surface area (Å²) in [5.41, 5.74) is 0. The van der Waals surface area contributed by atoms with E-state index in [2.05, 4.69) is 13.5 Å². The highest BCUT2D eigenvalue weighted by Crippen LogP contribution is 2.24. The fourth-order valence-corrected chi connectivity index (χ4v) is 8.76. The third-order valence-electron chi connectivity index (χ3n) is 12.0. The van der Waals surface area contributed by atoms with Crippen LogP contribution in [-0.2, 0) is 38.7 Å². The zero-order valence-corrected chi connectivity index (χ0v) is 39.9. The molecule has 0 aromatic heterocycles. The van der Waals surface area contributed by atoms with Gasteiger partial charge in [-0.25, -0.2) is 0 Å². The zero-order valence-electron chi connectivity index (χ0n) is 39.1. The van der Waals surface area contributed by atoms with Crippen LogP contribution in [0.1, 0.15) is 232 Å². The second kappa shape index (κ2) is 39.7. The standard InChI is InChI=1S/C49H92O12S/c1-3-5-7-9-11-13-15-17-19-20-21-22-24-26-28-30-32-34-36-38-45(51)60-42(40-59-49-48(54)47(53)46(52)43(61-49)41-62(55,56)57)39-58-44(50)37-35-33-31-29-27-25-23-18-16-14-12-10-8-6-4-2/h4,42-43,46-49,52-54H,2-3,5-41H2,1H3,(H,55,56,57)/t42-,43-,46-,47?,48?,49+/m1/s1. The summed E-state index contributed by atoms with van der Waals surface area (Å²) in [6, 6.07) is 0. The summed E-state index contributed by atoms with van der Waals surface area (Å²) >= 11 is 0. The molecule has 1 aliphatic heterocycles. The molecule has 0 saturated carbocycles. The molecule has 0 bridgehead atoms. The Kier molecular flexibility index (Phi) is 37.4. The summed E-state index contributed by atoms with van der Waals surface area (Å²) in [5.74, 6) is -1.97. The summed E-state index contributed by atoms with van der Waals surface area (Å²) < 4.78 is 54.2. The molecule has 0 amide bonds. The molecule has 0 aromatic rings. The lowest BCUT2D eigenvalue weighted by molar-refractivity contribution is -0.297. The summed E-state index contributed by atoms with van der Waals surface area (Å²) in [4.78, 5) is 25.5. The number of allylic oxidation sites excluding steroid dienone is 1. The topological polar surface area (TPSA) is 186 Å². The fraction of sp³-hybridized carbons (Fsp3) is 0.918. The quantitative estimate of drug-likeness (QED) is 0.0196. The fourth-order valence-electron chi connectivity index (χ4n) is 8.07. The highest BCUT2D eigenvalue weighted by Gasteiger charge is 2.46. The van der Waals surface area contributed by atoms with E-state index in [1.54, 1.807) is 0 Å². The number of esters is 2. The van der Waals surface area contributed by atoms with Crippen LogP contribution < -0.4 is 0 Å². The minimum atomic E-state index is -4.60. The molecule has 0 radical (unpaired) electrons. The first-order valence-electron chi connectivity index (χ1n) is 25.2. The van der Waals surface area contributed by atoms with E-state index in [0.29, 0.717) is 12.8 Å². The zero-order chi connectivity index (χ0) is 45.5. The molecule has 13 heteroatoms. The maximum absolute atomic E-state index is 12.9. The number of carbonyl (C=O) groups is 2. The average Bonchev–Trinajstić information content (AvgIpc) is 3.24. The summed E-state index contributed by atoms with van der Waals surface area (Å²) in [6.45, 7) is 5.33. The van der Waals surface area contributed by atoms with Crippen molar-refractivity contribution in [1.82, 2.24) is 0 Å². The van der Waals surface area contributed by atoms with Gasteiger partial charge in [0.15, 0.2) is 12.4 Å². The molecule has 2 unspecified atom stereocenters. The summed E-state index contributed by atoms with van der Waals surface area (Å²) in [7, 11) is -4.60. The minimum Gasteiger partial charge on any atom is -0.462 e.